The van der Waals surface area contributed by atoms with Gasteiger partial charge in [-0.15, -0.1) is 0 Å². The Labute approximate surface area is 134 Å². The predicted octanol–water partition coefficient (Wildman–Crippen LogP) is 4.31. The van der Waals surface area contributed by atoms with Gasteiger partial charge in [0.1, 0.15) is 0 Å². The van der Waals surface area contributed by atoms with Gasteiger partial charge < -0.3 is 4.90 Å². The molecule has 1 aromatic rings. The van der Waals surface area contributed by atoms with Crippen LogP contribution in [0.2, 0.25) is 0 Å². The maximum atomic E-state index is 12.7. The molecule has 2 nitrogen and oxygen atoms in total. The molecular weight excluding hydrogens is 270 g/mol. The lowest BCUT2D eigenvalue weighted by Crippen LogP contribution is -2.31. The lowest BCUT2D eigenvalue weighted by Gasteiger charge is -2.24. The van der Waals surface area contributed by atoms with Gasteiger partial charge >= 0.3 is 0 Å². The van der Waals surface area contributed by atoms with Gasteiger partial charge in [-0.2, -0.15) is 0 Å². The van der Waals surface area contributed by atoms with Crippen molar-refractivity contribution in [1.29, 1.82) is 0 Å². The predicted molar refractivity (Wildman–Crippen MR) is 91.5 cm³/mol. The Morgan fingerprint density at radius 3 is 2.50 bits per heavy atom. The molecule has 22 heavy (non-hydrogen) atoms. The first-order chi connectivity index (χ1) is 10.5. The highest BCUT2D eigenvalue weighted by atomic mass is 16.1. The van der Waals surface area contributed by atoms with E-state index in [1.165, 1.54) is 44.3 Å². The average molecular weight is 299 g/mol. The zero-order valence-electron chi connectivity index (χ0n) is 14.3. The second kappa shape index (κ2) is 6.54. The number of rotatable bonds is 4. The minimum atomic E-state index is 0.324. The van der Waals surface area contributed by atoms with Gasteiger partial charge in [0.05, 0.1) is 0 Å². The van der Waals surface area contributed by atoms with Crippen LogP contribution >= 0.6 is 0 Å². The number of fused-ring (bicyclic) bond motifs is 2. The molecule has 1 aliphatic carbocycles. The van der Waals surface area contributed by atoms with E-state index in [2.05, 4.69) is 37.8 Å². The molecule has 1 saturated heterocycles. The van der Waals surface area contributed by atoms with E-state index in [-0.39, 0.29) is 0 Å². The lowest BCUT2D eigenvalue weighted by atomic mass is 9.95. The van der Waals surface area contributed by atoms with E-state index in [1.807, 2.05) is 0 Å². The van der Waals surface area contributed by atoms with Crippen LogP contribution < -0.4 is 0 Å². The maximum Gasteiger partial charge on any atom is 0.164 e. The van der Waals surface area contributed by atoms with Crippen molar-refractivity contribution in [3.05, 3.63) is 34.4 Å². The molecule has 1 heterocycles. The maximum absolute atomic E-state index is 12.7. The number of hydrogen-bond donors (Lipinski definition) is 0. The number of Topliss-reactive ketones (excluding diaryl/α,β-unsaturated/α-hetero) is 1. The number of hydrogen-bond acceptors (Lipinski definition) is 2. The van der Waals surface area contributed by atoms with Crippen molar-refractivity contribution >= 4 is 5.78 Å². The van der Waals surface area contributed by atoms with Crippen molar-refractivity contribution in [2.45, 2.75) is 52.9 Å². The van der Waals surface area contributed by atoms with Crippen molar-refractivity contribution in [2.75, 3.05) is 19.6 Å². The first-order valence-corrected chi connectivity index (χ1v) is 8.86. The average Bonchev–Trinajstić information content (AvgIpc) is 2.76. The van der Waals surface area contributed by atoms with Crippen LogP contribution in [0, 0.1) is 32.6 Å². The number of carbonyl (C=O) groups excluding carboxylic acids is 1. The van der Waals surface area contributed by atoms with Crippen LogP contribution in [0.1, 0.15) is 59.2 Å². The van der Waals surface area contributed by atoms with Gasteiger partial charge in [-0.05, 0) is 69.5 Å². The highest BCUT2D eigenvalue weighted by molar-refractivity contribution is 5.99. The van der Waals surface area contributed by atoms with Gasteiger partial charge in [0.25, 0.3) is 0 Å². The standard InChI is InChI=1S/C20H29NO/c1-14-10-15(2)20(16(3)11-14)19(22)7-9-21-8-6-17-4-5-18(12-17)13-21/h10-11,17-18H,4-9,12-13H2,1-3H3. The summed E-state index contributed by atoms with van der Waals surface area (Å²) in [4.78, 5) is 15.2. The number of benzene rings is 1. The summed E-state index contributed by atoms with van der Waals surface area (Å²) in [5.74, 6) is 2.18. The third-order valence-corrected chi connectivity index (χ3v) is 5.63. The molecule has 0 amide bonds. The van der Waals surface area contributed by atoms with Crippen LogP contribution in [0.15, 0.2) is 12.1 Å². The Balaban J connectivity index is 1.60. The van der Waals surface area contributed by atoms with Gasteiger partial charge in [-0.25, -0.2) is 0 Å². The minimum Gasteiger partial charge on any atom is -0.303 e. The largest absolute Gasteiger partial charge is 0.303 e. The van der Waals surface area contributed by atoms with E-state index in [4.69, 9.17) is 0 Å². The molecule has 120 valence electrons. The third-order valence-electron chi connectivity index (χ3n) is 5.63. The van der Waals surface area contributed by atoms with Crippen LogP contribution in [0.5, 0.6) is 0 Å². The van der Waals surface area contributed by atoms with Gasteiger partial charge in [0.2, 0.25) is 0 Å². The summed E-state index contributed by atoms with van der Waals surface area (Å²) in [6.07, 6.45) is 6.29. The molecule has 2 unspecified atom stereocenters. The van der Waals surface area contributed by atoms with Crippen molar-refractivity contribution < 1.29 is 4.79 Å². The van der Waals surface area contributed by atoms with Crippen LogP contribution in [-0.4, -0.2) is 30.3 Å². The molecule has 2 aliphatic rings. The van der Waals surface area contributed by atoms with Gasteiger partial charge in [-0.3, -0.25) is 4.79 Å². The minimum absolute atomic E-state index is 0.324. The molecule has 2 fully saturated rings. The fraction of sp³-hybridized carbons (Fsp3) is 0.650. The Kier molecular flexibility index (Phi) is 4.67. The molecule has 2 heteroatoms. The molecule has 2 bridgehead atoms. The fourth-order valence-electron chi connectivity index (χ4n) is 4.64. The summed E-state index contributed by atoms with van der Waals surface area (Å²) in [6.45, 7) is 9.58. The Bertz CT molecular complexity index is 540. The van der Waals surface area contributed by atoms with Crippen molar-refractivity contribution in [2.24, 2.45) is 11.8 Å². The molecule has 0 radical (unpaired) electrons. The highest BCUT2D eigenvalue weighted by Gasteiger charge is 2.30. The second-order valence-corrected chi connectivity index (χ2v) is 7.58. The molecule has 3 rings (SSSR count). The summed E-state index contributed by atoms with van der Waals surface area (Å²) in [5, 5.41) is 0. The van der Waals surface area contributed by atoms with E-state index in [0.29, 0.717) is 12.2 Å². The molecular formula is C20H29NO. The van der Waals surface area contributed by atoms with Crippen molar-refractivity contribution in [1.82, 2.24) is 4.90 Å². The van der Waals surface area contributed by atoms with Crippen molar-refractivity contribution in [3.8, 4) is 0 Å². The Morgan fingerprint density at radius 1 is 1.09 bits per heavy atom. The molecule has 0 spiro atoms. The van der Waals surface area contributed by atoms with E-state index in [1.54, 1.807) is 0 Å². The Hall–Kier alpha value is -1.15. The zero-order valence-corrected chi connectivity index (χ0v) is 14.3. The van der Waals surface area contributed by atoms with Crippen LogP contribution in [0.3, 0.4) is 0 Å². The van der Waals surface area contributed by atoms with E-state index < -0.39 is 0 Å². The topological polar surface area (TPSA) is 20.3 Å². The van der Waals surface area contributed by atoms with Gasteiger partial charge in [-0.1, -0.05) is 24.1 Å². The summed E-state index contributed by atoms with van der Waals surface area (Å²) in [6, 6.07) is 4.26. The van der Waals surface area contributed by atoms with Gasteiger partial charge in [0.15, 0.2) is 5.78 Å². The third kappa shape index (κ3) is 3.43. The fourth-order valence-corrected chi connectivity index (χ4v) is 4.64. The number of ketones is 1. The van der Waals surface area contributed by atoms with E-state index in [0.717, 1.165) is 35.1 Å². The van der Waals surface area contributed by atoms with E-state index in [9.17, 15) is 4.79 Å². The second-order valence-electron chi connectivity index (χ2n) is 7.58. The van der Waals surface area contributed by atoms with Crippen LogP contribution in [0.4, 0.5) is 0 Å². The van der Waals surface area contributed by atoms with Crippen molar-refractivity contribution in [3.63, 3.8) is 0 Å². The van der Waals surface area contributed by atoms with Crippen LogP contribution in [-0.2, 0) is 0 Å². The summed E-state index contributed by atoms with van der Waals surface area (Å²) in [7, 11) is 0. The molecule has 1 saturated carbocycles. The number of carbonyl (C=O) groups is 1. The quantitative estimate of drug-likeness (QED) is 0.772. The molecule has 0 aromatic heterocycles. The normalized spacial score (nSPS) is 25.2. The number of likely N-dealkylation sites (tertiary alicyclic amines) is 1. The summed E-state index contributed by atoms with van der Waals surface area (Å²) < 4.78 is 0. The molecule has 0 N–H and O–H groups in total. The van der Waals surface area contributed by atoms with E-state index >= 15 is 0 Å². The molecule has 1 aromatic carbocycles. The van der Waals surface area contributed by atoms with Crippen LogP contribution in [0.25, 0.3) is 0 Å². The van der Waals surface area contributed by atoms with Gasteiger partial charge in [0, 0.05) is 25.1 Å². The Morgan fingerprint density at radius 2 is 1.77 bits per heavy atom. The molecule has 2 atom stereocenters. The highest BCUT2D eigenvalue weighted by Crippen LogP contribution is 2.36. The monoisotopic (exact) mass is 299 g/mol. The first kappa shape index (κ1) is 15.7. The first-order valence-electron chi connectivity index (χ1n) is 8.86. The lowest BCUT2D eigenvalue weighted by molar-refractivity contribution is 0.0959. The zero-order chi connectivity index (χ0) is 15.7. The summed E-state index contributed by atoms with van der Waals surface area (Å²) in [5.41, 5.74) is 4.48. The number of nitrogens with zero attached hydrogens (tertiary/aromatic N) is 1. The smallest absolute Gasteiger partial charge is 0.164 e. The molecule has 1 aliphatic heterocycles. The summed E-state index contributed by atoms with van der Waals surface area (Å²) >= 11 is 0. The number of aryl methyl sites for hydroxylation is 3. The SMILES string of the molecule is Cc1cc(C)c(C(=O)CCN2CCC3CCC(C3)C2)c(C)c1.